The number of benzene rings is 1. The molecule has 4 aliphatic carbocycles. The zero-order valence-electron chi connectivity index (χ0n) is 12.1. The second-order valence-corrected chi connectivity index (χ2v) is 8.01. The van der Waals surface area contributed by atoms with E-state index in [1.807, 2.05) is 39.7 Å². The van der Waals surface area contributed by atoms with Crippen molar-refractivity contribution in [3.05, 3.63) is 51.3 Å². The van der Waals surface area contributed by atoms with E-state index in [2.05, 4.69) is 6.92 Å². The summed E-state index contributed by atoms with van der Waals surface area (Å²) < 4.78 is 5.04. The number of nitrogens with zero attached hydrogens (tertiary/aromatic N) is 3. The van der Waals surface area contributed by atoms with Crippen molar-refractivity contribution in [2.24, 2.45) is 35.0 Å². The van der Waals surface area contributed by atoms with E-state index in [1.54, 1.807) is 0 Å². The molecule has 0 saturated heterocycles. The number of hydrogen-bond acceptors (Lipinski definition) is 2. The summed E-state index contributed by atoms with van der Waals surface area (Å²) in [5.74, 6) is 3.61. The second kappa shape index (κ2) is 2.66. The number of para-hydroxylation sites is 1. The quantitative estimate of drug-likeness (QED) is 0.789. The van der Waals surface area contributed by atoms with E-state index >= 15 is 0 Å². The molecule has 1 aromatic heterocycles. The summed E-state index contributed by atoms with van der Waals surface area (Å²) in [6.45, 7) is 2.35. The Morgan fingerprint density at radius 1 is 0.909 bits per heavy atom. The smallest absolute Gasteiger partial charge is 0.245 e. The molecule has 110 valence electrons. The van der Waals surface area contributed by atoms with Crippen LogP contribution in [0.2, 0.25) is 0 Å². The second-order valence-electron chi connectivity index (χ2n) is 8.01. The van der Waals surface area contributed by atoms with Gasteiger partial charge >= 0.3 is 11.4 Å². The van der Waals surface area contributed by atoms with Gasteiger partial charge in [0.15, 0.2) is 0 Å². The van der Waals surface area contributed by atoms with Gasteiger partial charge in [0.05, 0.1) is 17.8 Å². The summed E-state index contributed by atoms with van der Waals surface area (Å²) in [4.78, 5) is 26.0. The van der Waals surface area contributed by atoms with Gasteiger partial charge in [-0.1, -0.05) is 25.1 Å². The Hall–Kier alpha value is -2.04. The van der Waals surface area contributed by atoms with Crippen LogP contribution < -0.4 is 11.4 Å². The van der Waals surface area contributed by atoms with Crippen LogP contribution in [0.5, 0.6) is 0 Å². The number of rotatable bonds is 1. The fourth-order valence-corrected chi connectivity index (χ4v) is 7.16. The molecule has 4 saturated carbocycles. The van der Waals surface area contributed by atoms with Gasteiger partial charge < -0.3 is 0 Å². The Kier molecular flexibility index (Phi) is 1.29. The van der Waals surface area contributed by atoms with Crippen LogP contribution in [0.4, 0.5) is 0 Å². The van der Waals surface area contributed by atoms with Crippen molar-refractivity contribution in [1.29, 1.82) is 0 Å². The lowest BCUT2D eigenvalue weighted by Gasteiger charge is -2.41. The molecule has 5 heteroatoms. The van der Waals surface area contributed by atoms with Crippen LogP contribution in [0.3, 0.4) is 0 Å². The van der Waals surface area contributed by atoms with Crippen molar-refractivity contribution in [2.45, 2.75) is 19.0 Å². The molecular formula is C17H15N3O2. The van der Waals surface area contributed by atoms with E-state index in [0.717, 1.165) is 11.8 Å². The summed E-state index contributed by atoms with van der Waals surface area (Å²) >= 11 is 0. The van der Waals surface area contributed by atoms with Crippen LogP contribution in [0.15, 0.2) is 39.9 Å². The molecule has 2 bridgehead atoms. The minimum absolute atomic E-state index is 0.134. The van der Waals surface area contributed by atoms with E-state index in [1.165, 1.54) is 4.57 Å². The minimum atomic E-state index is -0.137. The molecule has 6 aliphatic rings. The molecule has 0 spiro atoms. The van der Waals surface area contributed by atoms with Gasteiger partial charge in [0.2, 0.25) is 0 Å². The molecule has 8 atom stereocenters. The third-order valence-corrected chi connectivity index (χ3v) is 7.65. The fourth-order valence-electron chi connectivity index (χ4n) is 7.16. The van der Waals surface area contributed by atoms with Gasteiger partial charge in [0.25, 0.3) is 0 Å². The lowest BCUT2D eigenvalue weighted by molar-refractivity contribution is 0.0636. The molecule has 0 amide bonds. The first-order valence-corrected chi connectivity index (χ1v) is 8.19. The normalized spacial score (nSPS) is 50.1. The van der Waals surface area contributed by atoms with Crippen molar-refractivity contribution >= 4 is 0 Å². The highest BCUT2D eigenvalue weighted by atomic mass is 16.2. The molecule has 0 radical (unpaired) electrons. The zero-order chi connectivity index (χ0) is 14.5. The molecule has 2 aliphatic heterocycles. The summed E-state index contributed by atoms with van der Waals surface area (Å²) in [6.07, 6.45) is 0. The first-order chi connectivity index (χ1) is 10.7. The van der Waals surface area contributed by atoms with E-state index < -0.39 is 0 Å². The molecular weight excluding hydrogens is 278 g/mol. The maximum absolute atomic E-state index is 13.0. The van der Waals surface area contributed by atoms with Crippen molar-refractivity contribution in [3.8, 4) is 5.69 Å². The third kappa shape index (κ3) is 0.733. The van der Waals surface area contributed by atoms with Crippen LogP contribution >= 0.6 is 0 Å². The van der Waals surface area contributed by atoms with Gasteiger partial charge in [0.1, 0.15) is 0 Å². The summed E-state index contributed by atoms with van der Waals surface area (Å²) in [5.41, 5.74) is 0.715. The zero-order valence-corrected chi connectivity index (χ0v) is 12.1. The Balaban J connectivity index is 1.59. The lowest BCUT2D eigenvalue weighted by Crippen LogP contribution is -2.48. The Morgan fingerprint density at radius 3 is 2.32 bits per heavy atom. The fraction of sp³-hybridized carbons (Fsp3) is 0.529. The van der Waals surface area contributed by atoms with Crippen LogP contribution in [0.1, 0.15) is 19.0 Å². The predicted molar refractivity (Wildman–Crippen MR) is 77.9 cm³/mol. The van der Waals surface area contributed by atoms with Gasteiger partial charge in [-0.15, -0.1) is 0 Å². The van der Waals surface area contributed by atoms with Crippen molar-refractivity contribution in [3.63, 3.8) is 0 Å². The SMILES string of the molecule is C[C@]12[C@@H]3[C@@H]4[C@@H]5[C@H]4[C@H]1n1c(=O)n(-c4ccccc4)c(=O)n1[C@H]5[C@@H]32. The van der Waals surface area contributed by atoms with Crippen molar-refractivity contribution in [2.75, 3.05) is 0 Å². The molecule has 2 aromatic rings. The van der Waals surface area contributed by atoms with Crippen LogP contribution in [-0.4, -0.2) is 13.9 Å². The van der Waals surface area contributed by atoms with Gasteiger partial charge in [-0.2, -0.15) is 0 Å². The molecule has 22 heavy (non-hydrogen) atoms. The number of hydrogen-bond donors (Lipinski definition) is 0. The monoisotopic (exact) mass is 293 g/mol. The Morgan fingerprint density at radius 2 is 1.64 bits per heavy atom. The largest absolute Gasteiger partial charge is 0.352 e. The lowest BCUT2D eigenvalue weighted by atomic mass is 9.80. The summed E-state index contributed by atoms with van der Waals surface area (Å²) in [7, 11) is 0. The molecule has 1 aromatic carbocycles. The molecule has 8 rings (SSSR count). The third-order valence-electron chi connectivity index (χ3n) is 7.65. The van der Waals surface area contributed by atoms with E-state index in [0.29, 0.717) is 34.9 Å². The predicted octanol–water partition coefficient (Wildman–Crippen LogP) is 1.04. The first-order valence-electron chi connectivity index (χ1n) is 8.19. The van der Waals surface area contributed by atoms with Gasteiger partial charge in [-0.05, 0) is 47.1 Å². The first kappa shape index (κ1) is 10.6. The van der Waals surface area contributed by atoms with E-state index in [-0.39, 0.29) is 17.4 Å². The van der Waals surface area contributed by atoms with Crippen LogP contribution in [0.25, 0.3) is 5.69 Å². The highest BCUT2D eigenvalue weighted by Gasteiger charge is 2.95. The molecule has 0 unspecified atom stereocenters. The molecule has 3 heterocycles. The average molecular weight is 293 g/mol. The van der Waals surface area contributed by atoms with Crippen LogP contribution in [0, 0.1) is 35.0 Å². The standard InChI is InChI=1S/C17H15N3O2/c1-17-11-8-9-10(8)14(17)20-16(22)18(7-5-3-2-4-6-7)15(21)19(20)13(9)12(11)17/h2-6,8-14H,1H3/t8-,9-,10+,11-,12-,13-,14-,17-/m1/s1. The van der Waals surface area contributed by atoms with E-state index in [4.69, 9.17) is 0 Å². The number of aromatic nitrogens is 3. The molecule has 0 N–H and O–H groups in total. The van der Waals surface area contributed by atoms with Crippen molar-refractivity contribution in [1.82, 2.24) is 13.9 Å². The molecule has 4 fully saturated rings. The van der Waals surface area contributed by atoms with Gasteiger partial charge in [0, 0.05) is 0 Å². The van der Waals surface area contributed by atoms with E-state index in [9.17, 15) is 9.59 Å². The van der Waals surface area contributed by atoms with Gasteiger partial charge in [-0.3, -0.25) is 0 Å². The maximum atomic E-state index is 13.0. The highest BCUT2D eigenvalue weighted by molar-refractivity contribution is 5.42. The minimum Gasteiger partial charge on any atom is -0.245 e. The van der Waals surface area contributed by atoms with Crippen LogP contribution in [-0.2, 0) is 0 Å². The van der Waals surface area contributed by atoms with Crippen molar-refractivity contribution < 1.29 is 0 Å². The summed E-state index contributed by atoms with van der Waals surface area (Å²) in [5, 5.41) is 0. The Bertz CT molecular complexity index is 999. The topological polar surface area (TPSA) is 48.9 Å². The summed E-state index contributed by atoms with van der Waals surface area (Å²) in [6, 6.07) is 9.89. The Labute approximate surface area is 125 Å². The highest BCUT2D eigenvalue weighted by Crippen LogP contribution is 2.96. The maximum Gasteiger partial charge on any atom is 0.352 e. The average Bonchev–Trinajstić information content (AvgIpc) is 3.26. The molecule has 5 nitrogen and oxygen atoms in total. The van der Waals surface area contributed by atoms with Gasteiger partial charge in [-0.25, -0.2) is 23.5 Å².